The molecule has 2 rings (SSSR count). The number of aromatic nitrogens is 1. The number of anilines is 1. The Balaban J connectivity index is 1.82. The second-order valence-electron chi connectivity index (χ2n) is 5.10. The summed E-state index contributed by atoms with van der Waals surface area (Å²) in [6.45, 7) is 4.73. The van der Waals surface area contributed by atoms with Crippen molar-refractivity contribution in [3.63, 3.8) is 0 Å². The van der Waals surface area contributed by atoms with Crippen molar-refractivity contribution in [2.24, 2.45) is 0 Å². The van der Waals surface area contributed by atoms with Crippen LogP contribution >= 0.6 is 11.3 Å². The first-order valence-corrected chi connectivity index (χ1v) is 8.03. The van der Waals surface area contributed by atoms with Crippen LogP contribution in [0.3, 0.4) is 0 Å². The molecule has 0 bridgehead atoms. The Hall–Kier alpha value is -1.92. The van der Waals surface area contributed by atoms with Gasteiger partial charge in [-0.1, -0.05) is 12.1 Å². The minimum atomic E-state index is -0.0365. The fraction of sp³-hybridized carbons (Fsp3) is 0.375. The van der Waals surface area contributed by atoms with Crippen molar-refractivity contribution in [2.75, 3.05) is 12.4 Å². The molecule has 0 fully saturated rings. The van der Waals surface area contributed by atoms with Crippen molar-refractivity contribution >= 4 is 22.9 Å². The van der Waals surface area contributed by atoms with E-state index in [4.69, 9.17) is 4.74 Å². The molecule has 1 atom stereocenters. The number of hydrogen-bond acceptors (Lipinski definition) is 5. The largest absolute Gasteiger partial charge is 0.495 e. The molecule has 0 saturated carbocycles. The van der Waals surface area contributed by atoms with Crippen LogP contribution in [0.1, 0.15) is 23.9 Å². The van der Waals surface area contributed by atoms with Crippen molar-refractivity contribution in [3.05, 3.63) is 40.3 Å². The second kappa shape index (κ2) is 7.91. The smallest absolute Gasteiger partial charge is 0.226 e. The highest BCUT2D eigenvalue weighted by atomic mass is 32.1. The van der Waals surface area contributed by atoms with Crippen molar-refractivity contribution in [1.82, 2.24) is 10.3 Å². The summed E-state index contributed by atoms with van der Waals surface area (Å²) in [7, 11) is 1.59. The van der Waals surface area contributed by atoms with Crippen LogP contribution in [0, 0.1) is 6.92 Å². The van der Waals surface area contributed by atoms with E-state index in [1.807, 2.05) is 43.6 Å². The Morgan fingerprint density at radius 1 is 1.41 bits per heavy atom. The van der Waals surface area contributed by atoms with Gasteiger partial charge in [-0.25, -0.2) is 4.98 Å². The number of nitrogens with zero attached hydrogens (tertiary/aromatic N) is 1. The number of amides is 1. The van der Waals surface area contributed by atoms with Crippen LogP contribution in [0.4, 0.5) is 5.69 Å². The first kappa shape index (κ1) is 16.5. The van der Waals surface area contributed by atoms with E-state index in [1.165, 1.54) is 4.88 Å². The fourth-order valence-corrected chi connectivity index (χ4v) is 2.79. The minimum Gasteiger partial charge on any atom is -0.495 e. The molecule has 1 aromatic heterocycles. The summed E-state index contributed by atoms with van der Waals surface area (Å²) in [5.74, 6) is 0.627. The van der Waals surface area contributed by atoms with Crippen LogP contribution in [-0.4, -0.2) is 24.0 Å². The van der Waals surface area contributed by atoms with E-state index in [9.17, 15) is 4.79 Å². The lowest BCUT2D eigenvalue weighted by Gasteiger charge is -2.14. The average molecular weight is 319 g/mol. The van der Waals surface area contributed by atoms with Crippen LogP contribution in [-0.2, 0) is 11.3 Å². The van der Waals surface area contributed by atoms with Gasteiger partial charge in [-0.15, -0.1) is 11.3 Å². The Morgan fingerprint density at radius 2 is 2.18 bits per heavy atom. The van der Waals surface area contributed by atoms with Crippen LogP contribution in [0.2, 0.25) is 0 Å². The summed E-state index contributed by atoms with van der Waals surface area (Å²) in [6.07, 6.45) is 0.399. The molecule has 0 aliphatic heterocycles. The van der Waals surface area contributed by atoms with Crippen molar-refractivity contribution in [1.29, 1.82) is 0 Å². The van der Waals surface area contributed by atoms with Crippen LogP contribution in [0.25, 0.3) is 0 Å². The second-order valence-corrected chi connectivity index (χ2v) is 6.03. The van der Waals surface area contributed by atoms with E-state index in [-0.39, 0.29) is 11.9 Å². The van der Waals surface area contributed by atoms with E-state index >= 15 is 0 Å². The lowest BCUT2D eigenvalue weighted by Crippen LogP contribution is -2.30. The third-order valence-corrected chi connectivity index (χ3v) is 4.26. The SMILES string of the molecule is COc1ccccc1NC(=O)C[C@H](C)NCc1scnc1C. The summed E-state index contributed by atoms with van der Waals surface area (Å²) >= 11 is 1.63. The van der Waals surface area contributed by atoms with Gasteiger partial charge in [-0.2, -0.15) is 0 Å². The molecule has 118 valence electrons. The highest BCUT2D eigenvalue weighted by Gasteiger charge is 2.12. The summed E-state index contributed by atoms with van der Waals surface area (Å²) in [5.41, 5.74) is 3.58. The Kier molecular flexibility index (Phi) is 5.91. The predicted molar refractivity (Wildman–Crippen MR) is 89.4 cm³/mol. The van der Waals surface area contributed by atoms with Gasteiger partial charge in [-0.05, 0) is 26.0 Å². The number of carbonyl (C=O) groups excluding carboxylic acids is 1. The van der Waals surface area contributed by atoms with Gasteiger partial charge in [0.05, 0.1) is 24.0 Å². The van der Waals surface area contributed by atoms with Gasteiger partial charge in [0.15, 0.2) is 0 Å². The Bertz CT molecular complexity index is 627. The van der Waals surface area contributed by atoms with Gasteiger partial charge in [0.2, 0.25) is 5.91 Å². The summed E-state index contributed by atoms with van der Waals surface area (Å²) in [5, 5.41) is 6.23. The zero-order chi connectivity index (χ0) is 15.9. The van der Waals surface area contributed by atoms with Gasteiger partial charge in [0.1, 0.15) is 5.75 Å². The molecule has 0 unspecified atom stereocenters. The predicted octanol–water partition coefficient (Wildman–Crippen LogP) is 2.97. The Morgan fingerprint density at radius 3 is 2.86 bits per heavy atom. The number of aryl methyl sites for hydroxylation is 1. The van der Waals surface area contributed by atoms with Crippen LogP contribution in [0.15, 0.2) is 29.8 Å². The number of hydrogen-bond donors (Lipinski definition) is 2. The van der Waals surface area contributed by atoms with Gasteiger partial charge in [-0.3, -0.25) is 4.79 Å². The molecule has 5 nitrogen and oxygen atoms in total. The van der Waals surface area contributed by atoms with E-state index in [1.54, 1.807) is 18.4 Å². The third-order valence-electron chi connectivity index (χ3n) is 3.33. The standard InChI is InChI=1S/C16H21N3O2S/c1-11(17-9-15-12(2)18-10-22-15)8-16(20)19-13-6-4-5-7-14(13)21-3/h4-7,10-11,17H,8-9H2,1-3H3,(H,19,20)/t11-/m0/s1. The maximum absolute atomic E-state index is 12.1. The number of nitrogens with one attached hydrogen (secondary N) is 2. The molecule has 1 amide bonds. The molecule has 0 aliphatic rings. The average Bonchev–Trinajstić information content (AvgIpc) is 2.91. The maximum Gasteiger partial charge on any atom is 0.226 e. The molecular formula is C16H21N3O2S. The molecule has 22 heavy (non-hydrogen) atoms. The highest BCUT2D eigenvalue weighted by molar-refractivity contribution is 7.09. The molecule has 0 saturated heterocycles. The fourth-order valence-electron chi connectivity index (χ4n) is 2.06. The molecule has 6 heteroatoms. The van der Waals surface area contributed by atoms with Gasteiger partial charge in [0.25, 0.3) is 0 Å². The Labute approximate surface area is 134 Å². The van der Waals surface area contributed by atoms with Crippen molar-refractivity contribution < 1.29 is 9.53 Å². The number of thiazole rings is 1. The minimum absolute atomic E-state index is 0.0365. The quantitative estimate of drug-likeness (QED) is 0.823. The van der Waals surface area contributed by atoms with E-state index in [0.29, 0.717) is 17.9 Å². The number of methoxy groups -OCH3 is 1. The maximum atomic E-state index is 12.1. The normalized spacial score (nSPS) is 12.0. The third kappa shape index (κ3) is 4.54. The number of rotatable bonds is 7. The zero-order valence-electron chi connectivity index (χ0n) is 13.1. The zero-order valence-corrected chi connectivity index (χ0v) is 13.9. The molecular weight excluding hydrogens is 298 g/mol. The van der Waals surface area contributed by atoms with Crippen molar-refractivity contribution in [2.45, 2.75) is 32.9 Å². The number of ether oxygens (including phenoxy) is 1. The molecule has 0 spiro atoms. The number of carbonyl (C=O) groups is 1. The van der Waals surface area contributed by atoms with Gasteiger partial charge in [0, 0.05) is 23.9 Å². The van der Waals surface area contributed by atoms with Gasteiger partial charge >= 0.3 is 0 Å². The van der Waals surface area contributed by atoms with E-state index in [0.717, 1.165) is 12.2 Å². The molecule has 2 N–H and O–H groups in total. The number of benzene rings is 1. The number of para-hydroxylation sites is 2. The van der Waals surface area contributed by atoms with Crippen LogP contribution < -0.4 is 15.4 Å². The lowest BCUT2D eigenvalue weighted by molar-refractivity contribution is -0.116. The van der Waals surface area contributed by atoms with Crippen molar-refractivity contribution in [3.8, 4) is 5.75 Å². The van der Waals surface area contributed by atoms with E-state index < -0.39 is 0 Å². The summed E-state index contributed by atoms with van der Waals surface area (Å²) in [4.78, 5) is 17.5. The first-order valence-electron chi connectivity index (χ1n) is 7.15. The summed E-state index contributed by atoms with van der Waals surface area (Å²) < 4.78 is 5.22. The topological polar surface area (TPSA) is 63.2 Å². The molecule has 0 aliphatic carbocycles. The lowest BCUT2D eigenvalue weighted by atomic mass is 10.2. The highest BCUT2D eigenvalue weighted by Crippen LogP contribution is 2.23. The monoisotopic (exact) mass is 319 g/mol. The summed E-state index contributed by atoms with van der Waals surface area (Å²) in [6, 6.07) is 7.47. The molecule has 0 radical (unpaired) electrons. The van der Waals surface area contributed by atoms with E-state index in [2.05, 4.69) is 15.6 Å². The molecule has 1 aromatic carbocycles. The van der Waals surface area contributed by atoms with Crippen LogP contribution in [0.5, 0.6) is 5.75 Å². The van der Waals surface area contributed by atoms with Gasteiger partial charge < -0.3 is 15.4 Å². The molecule has 2 aromatic rings. The molecule has 1 heterocycles. The first-order chi connectivity index (χ1) is 10.6.